The number of aromatic amines is 1. The highest BCUT2D eigenvalue weighted by Crippen LogP contribution is 2.38. The standard InChI is InChI=1S/C38H61N8O13P/c1-25(2)21-28(42-32(49)23-46(33(50)14-19-58-20-18-47)17-10-5-4-7-11-27-12-8-6-9-13-27)36(52)43-29(22-31-40-15-16-41-31)37(53)44-30(24-48)38(54)45-34(35(39)51)26(3)59-60(55,56)57/h6,8-9,12-13,15-16,25-26,28-30,34,47-48H,4-5,7,10-11,14,17-24H2,1-3H3,(H2,39,51)(H,40,41)(H,42,49)(H,43,52)(H,44,53)(H,45,54)(H2,55,56,57)/t26-,28+,29+,30+,34+/m1/s1. The van der Waals surface area contributed by atoms with Crippen LogP contribution in [0.3, 0.4) is 0 Å². The summed E-state index contributed by atoms with van der Waals surface area (Å²) in [6.07, 6.45) is 5.34. The molecule has 0 bridgehead atoms. The van der Waals surface area contributed by atoms with Crippen LogP contribution in [0.5, 0.6) is 0 Å². The Balaban J connectivity index is 2.18. The van der Waals surface area contributed by atoms with E-state index in [4.69, 9.17) is 25.4 Å². The number of hydrogen-bond acceptors (Lipinski definition) is 12. The van der Waals surface area contributed by atoms with Crippen LogP contribution in [0, 0.1) is 5.92 Å². The first kappa shape index (κ1) is 51.4. The van der Waals surface area contributed by atoms with E-state index in [9.17, 15) is 38.4 Å². The first-order chi connectivity index (χ1) is 28.4. The molecular formula is C38H61N8O13P. The second-order valence-electron chi connectivity index (χ2n) is 14.5. The van der Waals surface area contributed by atoms with Crippen LogP contribution in [0.25, 0.3) is 0 Å². The zero-order valence-electron chi connectivity index (χ0n) is 34.3. The maximum absolute atomic E-state index is 13.8. The zero-order chi connectivity index (χ0) is 44.7. The third-order valence-corrected chi connectivity index (χ3v) is 9.61. The van der Waals surface area contributed by atoms with Crippen molar-refractivity contribution in [3.05, 3.63) is 54.1 Å². The maximum Gasteiger partial charge on any atom is 0.469 e. The number of nitrogens with zero attached hydrogens (tertiary/aromatic N) is 2. The number of benzene rings is 1. The molecule has 0 aliphatic carbocycles. The number of nitrogens with one attached hydrogen (secondary N) is 5. The van der Waals surface area contributed by atoms with Crippen LogP contribution < -0.4 is 27.0 Å². The summed E-state index contributed by atoms with van der Waals surface area (Å²) in [6, 6.07) is 3.92. The van der Waals surface area contributed by atoms with Gasteiger partial charge in [-0.05, 0) is 44.1 Å². The summed E-state index contributed by atoms with van der Waals surface area (Å²) in [4.78, 5) is 106. The molecule has 0 unspecified atom stereocenters. The number of rotatable bonds is 30. The maximum atomic E-state index is 13.8. The minimum absolute atomic E-state index is 0.0307. The van der Waals surface area contributed by atoms with Gasteiger partial charge in [-0.1, -0.05) is 57.0 Å². The highest BCUT2D eigenvalue weighted by atomic mass is 31.2. The van der Waals surface area contributed by atoms with Crippen LogP contribution in [0.2, 0.25) is 0 Å². The Morgan fingerprint density at radius 2 is 1.52 bits per heavy atom. The average molecular weight is 869 g/mol. The first-order valence-corrected chi connectivity index (χ1v) is 21.3. The molecule has 1 heterocycles. The molecule has 0 saturated carbocycles. The van der Waals surface area contributed by atoms with Crippen LogP contribution in [0.15, 0.2) is 42.7 Å². The van der Waals surface area contributed by atoms with Gasteiger partial charge in [-0.25, -0.2) is 9.55 Å². The fraction of sp³-hybridized carbons (Fsp3) is 0.605. The number of unbranched alkanes of at least 4 members (excludes halogenated alkanes) is 3. The SMILES string of the molecule is CC(C)C[C@H](NC(=O)CN(CCCCCCc1ccccc1)C(=O)CCOCCO)C(=O)N[C@@H](Cc1ncc[nH]1)C(=O)N[C@@H](CO)C(=O)N[C@H](C(N)=O)[C@@H](C)OP(=O)(O)O. The number of phosphoric ester groups is 1. The van der Waals surface area contributed by atoms with Gasteiger partial charge in [0.25, 0.3) is 0 Å². The molecule has 0 fully saturated rings. The van der Waals surface area contributed by atoms with Gasteiger partial charge in [0, 0.05) is 25.4 Å². The lowest BCUT2D eigenvalue weighted by Crippen LogP contribution is -2.61. The molecule has 336 valence electrons. The van der Waals surface area contributed by atoms with Crippen molar-refractivity contribution in [2.45, 2.75) is 102 Å². The van der Waals surface area contributed by atoms with E-state index < -0.39 is 74.2 Å². The number of ether oxygens (including phenoxy) is 1. The van der Waals surface area contributed by atoms with Crippen molar-refractivity contribution in [2.24, 2.45) is 11.7 Å². The number of carbonyl (C=O) groups is 6. The lowest BCUT2D eigenvalue weighted by molar-refractivity contribution is -0.138. The Bertz CT molecular complexity index is 1680. The Kier molecular flexibility index (Phi) is 23.3. The summed E-state index contributed by atoms with van der Waals surface area (Å²) in [5, 5.41) is 28.7. The number of amides is 6. The fourth-order valence-corrected chi connectivity index (χ4v) is 6.58. The van der Waals surface area contributed by atoms with Gasteiger partial charge >= 0.3 is 7.82 Å². The van der Waals surface area contributed by atoms with Crippen molar-refractivity contribution in [3.8, 4) is 0 Å². The minimum Gasteiger partial charge on any atom is -0.394 e. The van der Waals surface area contributed by atoms with Gasteiger partial charge in [0.15, 0.2) is 0 Å². The Labute approximate surface area is 349 Å². The average Bonchev–Trinajstić information content (AvgIpc) is 3.70. The van der Waals surface area contributed by atoms with E-state index in [1.54, 1.807) is 0 Å². The topological polar surface area (TPSA) is 325 Å². The Hall–Kier alpha value is -4.76. The second-order valence-corrected chi connectivity index (χ2v) is 15.7. The van der Waals surface area contributed by atoms with Crippen molar-refractivity contribution in [3.63, 3.8) is 0 Å². The predicted molar refractivity (Wildman–Crippen MR) is 216 cm³/mol. The lowest BCUT2D eigenvalue weighted by Gasteiger charge is -2.27. The summed E-state index contributed by atoms with van der Waals surface area (Å²) in [5.41, 5.74) is 6.53. The smallest absolute Gasteiger partial charge is 0.394 e. The van der Waals surface area contributed by atoms with E-state index in [1.807, 2.05) is 32.0 Å². The van der Waals surface area contributed by atoms with Gasteiger partial charge in [0.2, 0.25) is 35.4 Å². The molecule has 0 radical (unpaired) electrons. The third-order valence-electron chi connectivity index (χ3n) is 9.01. The largest absolute Gasteiger partial charge is 0.469 e. The number of nitrogens with two attached hydrogens (primary N) is 1. The quantitative estimate of drug-likeness (QED) is 0.0331. The van der Waals surface area contributed by atoms with Gasteiger partial charge in [0.1, 0.15) is 30.0 Å². The predicted octanol–water partition coefficient (Wildman–Crippen LogP) is -1.06. The number of hydrogen-bond donors (Lipinski definition) is 10. The number of H-pyrrole nitrogens is 1. The van der Waals surface area contributed by atoms with Crippen molar-refractivity contribution in [1.82, 2.24) is 36.1 Å². The number of aliphatic hydroxyl groups is 2. The fourth-order valence-electron chi connectivity index (χ4n) is 6.02. The van der Waals surface area contributed by atoms with Crippen molar-refractivity contribution in [1.29, 1.82) is 0 Å². The summed E-state index contributed by atoms with van der Waals surface area (Å²) < 4.78 is 21.0. The normalized spacial score (nSPS) is 14.0. The summed E-state index contributed by atoms with van der Waals surface area (Å²) in [5.74, 6) is -5.03. The van der Waals surface area contributed by atoms with Crippen molar-refractivity contribution < 1.29 is 62.6 Å². The van der Waals surface area contributed by atoms with Crippen LogP contribution in [-0.2, 0) is 55.4 Å². The van der Waals surface area contributed by atoms with E-state index in [0.29, 0.717) is 6.42 Å². The lowest BCUT2D eigenvalue weighted by atomic mass is 10.0. The molecule has 11 N–H and O–H groups in total. The molecule has 0 saturated heterocycles. The molecule has 2 rings (SSSR count). The molecule has 60 heavy (non-hydrogen) atoms. The first-order valence-electron chi connectivity index (χ1n) is 19.8. The van der Waals surface area contributed by atoms with Crippen LogP contribution in [0.1, 0.15) is 70.7 Å². The molecule has 6 amide bonds. The van der Waals surface area contributed by atoms with Crippen LogP contribution in [-0.4, -0.2) is 140 Å². The molecule has 0 aliphatic rings. The number of phosphoric acid groups is 1. The summed E-state index contributed by atoms with van der Waals surface area (Å²) in [7, 11) is -5.11. The van der Waals surface area contributed by atoms with Crippen molar-refractivity contribution in [2.75, 3.05) is 39.5 Å². The van der Waals surface area contributed by atoms with Gasteiger partial charge < -0.3 is 61.6 Å². The molecule has 1 aromatic heterocycles. The van der Waals surface area contributed by atoms with E-state index in [1.165, 1.54) is 22.9 Å². The molecule has 22 heteroatoms. The number of aryl methyl sites for hydroxylation is 1. The highest BCUT2D eigenvalue weighted by molar-refractivity contribution is 7.46. The molecule has 5 atom stereocenters. The second kappa shape index (κ2) is 27.2. The van der Waals surface area contributed by atoms with Gasteiger partial charge in [0.05, 0.1) is 45.5 Å². The number of imidazole rings is 1. The van der Waals surface area contributed by atoms with Crippen molar-refractivity contribution >= 4 is 43.3 Å². The highest BCUT2D eigenvalue weighted by Gasteiger charge is 2.35. The molecule has 0 aliphatic heterocycles. The Morgan fingerprint density at radius 3 is 2.12 bits per heavy atom. The van der Waals surface area contributed by atoms with Crippen LogP contribution in [0.4, 0.5) is 0 Å². The molecule has 1 aromatic carbocycles. The third kappa shape index (κ3) is 20.5. The summed E-state index contributed by atoms with van der Waals surface area (Å²) >= 11 is 0. The van der Waals surface area contributed by atoms with E-state index in [2.05, 4.69) is 47.9 Å². The number of aromatic nitrogens is 2. The van der Waals surface area contributed by atoms with Gasteiger partial charge in [-0.15, -0.1) is 0 Å². The monoisotopic (exact) mass is 868 g/mol. The number of carbonyl (C=O) groups excluding carboxylic acids is 6. The minimum atomic E-state index is -5.11. The van der Waals surface area contributed by atoms with Crippen LogP contribution >= 0.6 is 7.82 Å². The summed E-state index contributed by atoms with van der Waals surface area (Å²) in [6.45, 7) is 3.48. The molecule has 0 spiro atoms. The molecule has 2 aromatic rings. The Morgan fingerprint density at radius 1 is 0.867 bits per heavy atom. The molecule has 21 nitrogen and oxygen atoms in total. The van der Waals surface area contributed by atoms with E-state index in [-0.39, 0.29) is 69.8 Å². The van der Waals surface area contributed by atoms with Gasteiger partial charge in [-0.3, -0.25) is 33.3 Å². The van der Waals surface area contributed by atoms with E-state index >= 15 is 0 Å². The number of primary amides is 1. The van der Waals surface area contributed by atoms with E-state index in [0.717, 1.165) is 32.6 Å². The zero-order valence-corrected chi connectivity index (χ0v) is 35.2. The van der Waals surface area contributed by atoms with Gasteiger partial charge in [-0.2, -0.15) is 0 Å². The number of aliphatic hydroxyl groups excluding tert-OH is 2. The molecular weight excluding hydrogens is 807 g/mol.